The average Bonchev–Trinajstić information content (AvgIpc) is 2.52. The maximum absolute atomic E-state index is 13.2. The number of hydrogen-bond acceptors (Lipinski definition) is 5. The lowest BCUT2D eigenvalue weighted by molar-refractivity contribution is -0.385. The average molecular weight is 347 g/mol. The molecule has 0 aliphatic carbocycles. The lowest BCUT2D eigenvalue weighted by atomic mass is 10.2. The smallest absolute Gasteiger partial charge is 0.415 e. The molecule has 0 atom stereocenters. The number of hydrogen-bond donors (Lipinski definition) is 0. The zero-order valence-electron chi connectivity index (χ0n) is 14.1. The van der Waals surface area contributed by atoms with Crippen LogP contribution in [-0.4, -0.2) is 21.6 Å². The summed E-state index contributed by atoms with van der Waals surface area (Å²) in [6.45, 7) is 4.93. The lowest BCUT2D eigenvalue weighted by Crippen LogP contribution is -2.36. The van der Waals surface area contributed by atoms with Gasteiger partial charge in [0.15, 0.2) is 0 Å². The number of ether oxygens (including phenoxy) is 1. The fraction of sp³-hybridized carbons (Fsp3) is 0.294. The second kappa shape index (κ2) is 7.25. The predicted octanol–water partition coefficient (Wildman–Crippen LogP) is 4.07. The Balaban J connectivity index is 2.40. The first-order chi connectivity index (χ1) is 11.7. The van der Waals surface area contributed by atoms with Gasteiger partial charge in [0.05, 0.1) is 11.5 Å². The molecule has 0 unspecified atom stereocenters. The van der Waals surface area contributed by atoms with Gasteiger partial charge < -0.3 is 4.74 Å². The summed E-state index contributed by atoms with van der Waals surface area (Å²) in [6.07, 6.45) is 0.694. The van der Waals surface area contributed by atoms with Crippen LogP contribution in [0.1, 0.15) is 26.5 Å². The van der Waals surface area contributed by atoms with Crippen molar-refractivity contribution in [2.75, 3.05) is 4.90 Å². The number of pyridine rings is 1. The van der Waals surface area contributed by atoms with E-state index in [0.29, 0.717) is 5.69 Å². The summed E-state index contributed by atoms with van der Waals surface area (Å²) >= 11 is 0. The number of nitro groups is 1. The molecule has 132 valence electrons. The van der Waals surface area contributed by atoms with E-state index in [4.69, 9.17) is 4.74 Å². The minimum absolute atomic E-state index is 0.0997. The third-order valence-electron chi connectivity index (χ3n) is 3.12. The molecule has 0 fully saturated rings. The van der Waals surface area contributed by atoms with E-state index in [9.17, 15) is 19.3 Å². The Labute approximate surface area is 144 Å². The molecule has 0 saturated carbocycles. The standard InChI is InChI=1S/C17H18FN3O4/c1-17(2,3)25-16(22)20(13-8-6-12(18)7-9-13)11-14-15(21(23)24)5-4-10-19-14/h4-10H,11H2,1-3H3. The van der Waals surface area contributed by atoms with Crippen LogP contribution >= 0.6 is 0 Å². The van der Waals surface area contributed by atoms with Crippen LogP contribution < -0.4 is 4.90 Å². The molecule has 2 aromatic rings. The Hall–Kier alpha value is -3.03. The highest BCUT2D eigenvalue weighted by molar-refractivity contribution is 5.87. The summed E-state index contributed by atoms with van der Waals surface area (Å²) in [7, 11) is 0. The molecule has 0 bridgehead atoms. The zero-order valence-corrected chi connectivity index (χ0v) is 14.1. The molecular formula is C17H18FN3O4. The van der Waals surface area contributed by atoms with Gasteiger partial charge in [-0.2, -0.15) is 0 Å². The number of aromatic nitrogens is 1. The molecule has 1 amide bonds. The van der Waals surface area contributed by atoms with Crippen LogP contribution in [0.25, 0.3) is 0 Å². The zero-order chi connectivity index (χ0) is 18.6. The normalized spacial score (nSPS) is 11.0. The van der Waals surface area contributed by atoms with E-state index >= 15 is 0 Å². The highest BCUT2D eigenvalue weighted by Gasteiger charge is 2.26. The molecule has 7 nitrogen and oxygen atoms in total. The first kappa shape index (κ1) is 18.3. The number of amides is 1. The van der Waals surface area contributed by atoms with Crippen molar-refractivity contribution in [3.8, 4) is 0 Å². The van der Waals surface area contributed by atoms with Crippen LogP contribution in [-0.2, 0) is 11.3 Å². The van der Waals surface area contributed by atoms with Crippen molar-refractivity contribution < 1.29 is 18.8 Å². The largest absolute Gasteiger partial charge is 0.443 e. The van der Waals surface area contributed by atoms with Gasteiger partial charge in [-0.15, -0.1) is 0 Å². The van der Waals surface area contributed by atoms with E-state index in [1.165, 1.54) is 47.5 Å². The van der Waals surface area contributed by atoms with Crippen molar-refractivity contribution in [1.29, 1.82) is 0 Å². The Morgan fingerprint density at radius 3 is 2.48 bits per heavy atom. The van der Waals surface area contributed by atoms with E-state index < -0.39 is 22.4 Å². The van der Waals surface area contributed by atoms with Crippen LogP contribution in [0.5, 0.6) is 0 Å². The molecule has 0 radical (unpaired) electrons. The maximum Gasteiger partial charge on any atom is 0.415 e. The number of carbonyl (C=O) groups excluding carboxylic acids is 1. The van der Waals surface area contributed by atoms with Gasteiger partial charge in [-0.3, -0.25) is 20.0 Å². The first-order valence-electron chi connectivity index (χ1n) is 7.52. The summed E-state index contributed by atoms with van der Waals surface area (Å²) in [5.41, 5.74) is -0.526. The summed E-state index contributed by atoms with van der Waals surface area (Å²) in [4.78, 5) is 28.3. The minimum atomic E-state index is -0.759. The van der Waals surface area contributed by atoms with E-state index in [0.717, 1.165) is 0 Å². The molecule has 1 aromatic heterocycles. The quantitative estimate of drug-likeness (QED) is 0.615. The number of benzene rings is 1. The molecule has 1 heterocycles. The molecule has 2 rings (SSSR count). The fourth-order valence-corrected chi connectivity index (χ4v) is 2.07. The molecule has 8 heteroatoms. The summed E-state index contributed by atoms with van der Waals surface area (Å²) in [5.74, 6) is -0.461. The van der Waals surface area contributed by atoms with Crippen molar-refractivity contribution in [2.24, 2.45) is 0 Å². The van der Waals surface area contributed by atoms with Crippen molar-refractivity contribution in [3.05, 3.63) is 64.2 Å². The monoisotopic (exact) mass is 347 g/mol. The van der Waals surface area contributed by atoms with Gasteiger partial charge in [0, 0.05) is 18.0 Å². The van der Waals surface area contributed by atoms with Crippen LogP contribution in [0.4, 0.5) is 20.6 Å². The summed E-state index contributed by atoms with van der Waals surface area (Å²) < 4.78 is 18.5. The van der Waals surface area contributed by atoms with E-state index in [1.807, 2.05) is 0 Å². The Kier molecular flexibility index (Phi) is 5.31. The molecule has 0 N–H and O–H groups in total. The van der Waals surface area contributed by atoms with Gasteiger partial charge in [-0.25, -0.2) is 9.18 Å². The third kappa shape index (κ3) is 4.97. The summed E-state index contributed by atoms with van der Waals surface area (Å²) in [5, 5.41) is 11.2. The van der Waals surface area contributed by atoms with E-state index in [1.54, 1.807) is 20.8 Å². The SMILES string of the molecule is CC(C)(C)OC(=O)N(Cc1ncccc1[N+](=O)[O-])c1ccc(F)cc1. The van der Waals surface area contributed by atoms with Crippen molar-refractivity contribution in [2.45, 2.75) is 32.9 Å². The predicted molar refractivity (Wildman–Crippen MR) is 89.7 cm³/mol. The highest BCUT2D eigenvalue weighted by atomic mass is 19.1. The molecule has 0 aliphatic heterocycles. The molecule has 0 spiro atoms. The molecule has 1 aromatic carbocycles. The summed E-state index contributed by atoms with van der Waals surface area (Å²) in [6, 6.07) is 7.93. The van der Waals surface area contributed by atoms with Crippen molar-refractivity contribution in [3.63, 3.8) is 0 Å². The second-order valence-electron chi connectivity index (χ2n) is 6.27. The first-order valence-corrected chi connectivity index (χ1v) is 7.52. The van der Waals surface area contributed by atoms with Crippen molar-refractivity contribution in [1.82, 2.24) is 4.98 Å². The van der Waals surface area contributed by atoms with Crippen LogP contribution in [0, 0.1) is 15.9 Å². The van der Waals surface area contributed by atoms with Gasteiger partial charge in [-0.05, 0) is 51.1 Å². The van der Waals surface area contributed by atoms with Gasteiger partial charge >= 0.3 is 6.09 Å². The number of rotatable bonds is 4. The molecule has 25 heavy (non-hydrogen) atoms. The highest BCUT2D eigenvalue weighted by Crippen LogP contribution is 2.24. The van der Waals surface area contributed by atoms with E-state index in [-0.39, 0.29) is 17.9 Å². The van der Waals surface area contributed by atoms with Crippen LogP contribution in [0.3, 0.4) is 0 Å². The van der Waals surface area contributed by atoms with Gasteiger partial charge in [0.1, 0.15) is 17.1 Å². The van der Waals surface area contributed by atoms with Gasteiger partial charge in [-0.1, -0.05) is 0 Å². The van der Waals surface area contributed by atoms with E-state index in [2.05, 4.69) is 4.98 Å². The second-order valence-corrected chi connectivity index (χ2v) is 6.27. The Morgan fingerprint density at radius 1 is 1.28 bits per heavy atom. The number of halogens is 1. The molecular weight excluding hydrogens is 329 g/mol. The third-order valence-corrected chi connectivity index (χ3v) is 3.12. The van der Waals surface area contributed by atoms with Crippen molar-refractivity contribution >= 4 is 17.5 Å². The Morgan fingerprint density at radius 2 is 1.92 bits per heavy atom. The maximum atomic E-state index is 13.2. The minimum Gasteiger partial charge on any atom is -0.443 e. The van der Waals surface area contributed by atoms with Gasteiger partial charge in [0.2, 0.25) is 0 Å². The number of carbonyl (C=O) groups is 1. The lowest BCUT2D eigenvalue weighted by Gasteiger charge is -2.27. The fourth-order valence-electron chi connectivity index (χ4n) is 2.07. The topological polar surface area (TPSA) is 85.6 Å². The molecule has 0 saturated heterocycles. The van der Waals surface area contributed by atoms with Crippen LogP contribution in [0.15, 0.2) is 42.6 Å². The number of anilines is 1. The van der Waals surface area contributed by atoms with Gasteiger partial charge in [0.25, 0.3) is 5.69 Å². The Bertz CT molecular complexity index is 772. The molecule has 0 aliphatic rings. The number of nitrogens with zero attached hydrogens (tertiary/aromatic N) is 3. The van der Waals surface area contributed by atoms with Crippen LogP contribution in [0.2, 0.25) is 0 Å².